The van der Waals surface area contributed by atoms with E-state index in [1.165, 1.54) is 4.90 Å². The molecule has 0 aliphatic carbocycles. The van der Waals surface area contributed by atoms with Gasteiger partial charge in [-0.2, -0.15) is 0 Å². The van der Waals surface area contributed by atoms with E-state index in [1.54, 1.807) is 55.5 Å². The van der Waals surface area contributed by atoms with Crippen molar-refractivity contribution in [1.82, 2.24) is 20.9 Å². The van der Waals surface area contributed by atoms with E-state index in [4.69, 9.17) is 15.9 Å². The number of aromatic nitrogens is 1. The molecule has 8 N–H and O–H groups in total. The first-order chi connectivity index (χ1) is 19.2. The highest BCUT2D eigenvalue weighted by molar-refractivity contribution is 6.03. The van der Waals surface area contributed by atoms with Crippen molar-refractivity contribution < 1.29 is 29.0 Å². The summed E-state index contributed by atoms with van der Waals surface area (Å²) in [5.74, 6) is -1.80. The summed E-state index contributed by atoms with van der Waals surface area (Å²) in [6.45, 7) is 1.35. The first kappa shape index (κ1) is 28.1. The number of carbonyl (C=O) groups is 4. The summed E-state index contributed by atoms with van der Waals surface area (Å²) >= 11 is 0. The maximum Gasteiger partial charge on any atom is 0.330 e. The van der Waals surface area contributed by atoms with Gasteiger partial charge in [0.15, 0.2) is 0 Å². The Balaban J connectivity index is 1.37. The van der Waals surface area contributed by atoms with Crippen LogP contribution in [-0.4, -0.2) is 71.5 Å². The van der Waals surface area contributed by atoms with E-state index in [0.717, 1.165) is 0 Å². The van der Waals surface area contributed by atoms with Crippen molar-refractivity contribution >= 4 is 46.2 Å². The van der Waals surface area contributed by atoms with Gasteiger partial charge in [-0.15, -0.1) is 0 Å². The second-order valence-corrected chi connectivity index (χ2v) is 9.11. The number of hydrogen-bond acceptors (Lipinski definition) is 7. The molecule has 0 radical (unpaired) electrons. The Morgan fingerprint density at radius 3 is 2.60 bits per heavy atom. The standard InChI is InChI=1S/C27H31N7O6/c1-2-40-26(38)21(32-24(36)22-18(14-35)17-5-3-4-6-19(17)31-22)13-30-27(39)33-20-11-12-34(25(20)37)16-9-7-15(8-10-16)23(28)29/h3-10,20-21,31,35H,2,11-14H2,1H3,(H3,28,29)(H,32,36)(H2,30,33,39). The molecule has 1 fully saturated rings. The summed E-state index contributed by atoms with van der Waals surface area (Å²) in [7, 11) is 0. The van der Waals surface area contributed by atoms with Gasteiger partial charge in [0.1, 0.15) is 23.6 Å². The zero-order valence-electron chi connectivity index (χ0n) is 21.8. The lowest BCUT2D eigenvalue weighted by Gasteiger charge is -2.20. The van der Waals surface area contributed by atoms with Crippen molar-refractivity contribution in [2.75, 3.05) is 24.6 Å². The van der Waals surface area contributed by atoms with Gasteiger partial charge in [0.05, 0.1) is 19.8 Å². The quantitative estimate of drug-likeness (QED) is 0.110. The van der Waals surface area contributed by atoms with Crippen LogP contribution in [-0.2, 0) is 20.9 Å². The third-order valence-electron chi connectivity index (χ3n) is 6.54. The fraction of sp³-hybridized carbons (Fsp3) is 0.296. The summed E-state index contributed by atoms with van der Waals surface area (Å²) in [6.07, 6.45) is 0.364. The van der Waals surface area contributed by atoms with E-state index in [2.05, 4.69) is 20.9 Å². The molecule has 1 saturated heterocycles. The number of aromatic amines is 1. The van der Waals surface area contributed by atoms with Crippen LogP contribution in [0.1, 0.15) is 35.0 Å². The number of nitrogens with two attached hydrogens (primary N) is 1. The minimum atomic E-state index is -1.23. The average molecular weight is 550 g/mol. The third-order valence-corrected chi connectivity index (χ3v) is 6.54. The number of para-hydroxylation sites is 1. The number of anilines is 1. The van der Waals surface area contributed by atoms with Gasteiger partial charge in [0.25, 0.3) is 5.91 Å². The van der Waals surface area contributed by atoms with Crippen LogP contribution in [0.3, 0.4) is 0 Å². The number of fused-ring (bicyclic) bond motifs is 1. The number of H-pyrrole nitrogens is 1. The first-order valence-corrected chi connectivity index (χ1v) is 12.7. The van der Waals surface area contributed by atoms with Crippen LogP contribution >= 0.6 is 0 Å². The molecule has 4 amide bonds. The molecule has 13 nitrogen and oxygen atoms in total. The van der Waals surface area contributed by atoms with Crippen molar-refractivity contribution in [3.63, 3.8) is 0 Å². The topological polar surface area (TPSA) is 203 Å². The van der Waals surface area contributed by atoms with Gasteiger partial charge in [-0.25, -0.2) is 9.59 Å². The number of aliphatic hydroxyl groups excluding tert-OH is 1. The van der Waals surface area contributed by atoms with Crippen molar-refractivity contribution in [2.45, 2.75) is 32.0 Å². The van der Waals surface area contributed by atoms with E-state index in [1.807, 2.05) is 0 Å². The van der Waals surface area contributed by atoms with Crippen LogP contribution in [0, 0.1) is 5.41 Å². The molecule has 2 unspecified atom stereocenters. The summed E-state index contributed by atoms with van der Waals surface area (Å²) in [4.78, 5) is 55.6. The number of benzene rings is 2. The fourth-order valence-corrected chi connectivity index (χ4v) is 4.52. The molecule has 1 aliphatic rings. The zero-order valence-corrected chi connectivity index (χ0v) is 21.8. The van der Waals surface area contributed by atoms with Crippen molar-refractivity contribution in [1.29, 1.82) is 5.41 Å². The molecule has 210 valence electrons. The highest BCUT2D eigenvalue weighted by Gasteiger charge is 2.34. The van der Waals surface area contributed by atoms with Gasteiger partial charge < -0.3 is 41.4 Å². The summed E-state index contributed by atoms with van der Waals surface area (Å²) < 4.78 is 5.06. The number of nitrogens with zero attached hydrogens (tertiary/aromatic N) is 1. The molecule has 13 heteroatoms. The monoisotopic (exact) mass is 549 g/mol. The molecule has 2 heterocycles. The lowest BCUT2D eigenvalue weighted by atomic mass is 10.1. The largest absolute Gasteiger partial charge is 0.464 e. The number of carbonyl (C=O) groups excluding carboxylic acids is 4. The van der Waals surface area contributed by atoms with Gasteiger partial charge in [0.2, 0.25) is 5.91 Å². The van der Waals surface area contributed by atoms with E-state index in [0.29, 0.717) is 40.7 Å². The number of amides is 4. The molecule has 2 atom stereocenters. The number of ether oxygens (including phenoxy) is 1. The molecule has 40 heavy (non-hydrogen) atoms. The van der Waals surface area contributed by atoms with E-state index in [-0.39, 0.29) is 30.6 Å². The highest BCUT2D eigenvalue weighted by Crippen LogP contribution is 2.23. The van der Waals surface area contributed by atoms with Crippen LogP contribution in [0.5, 0.6) is 0 Å². The van der Waals surface area contributed by atoms with Crippen LogP contribution < -0.4 is 26.6 Å². The molecule has 4 rings (SSSR count). The van der Waals surface area contributed by atoms with Crippen molar-refractivity contribution in [3.05, 3.63) is 65.4 Å². The van der Waals surface area contributed by atoms with Gasteiger partial charge in [-0.1, -0.05) is 18.2 Å². The Labute approximate surface area is 229 Å². The van der Waals surface area contributed by atoms with E-state index in [9.17, 15) is 24.3 Å². The lowest BCUT2D eigenvalue weighted by molar-refractivity contribution is -0.145. The zero-order chi connectivity index (χ0) is 28.8. The maximum atomic E-state index is 13.1. The number of esters is 1. The van der Waals surface area contributed by atoms with Crippen molar-refractivity contribution in [2.24, 2.45) is 5.73 Å². The molecule has 1 aliphatic heterocycles. The smallest absolute Gasteiger partial charge is 0.330 e. The lowest BCUT2D eigenvalue weighted by Crippen LogP contribution is -2.53. The number of hydrogen-bond donors (Lipinski definition) is 7. The highest BCUT2D eigenvalue weighted by atomic mass is 16.5. The van der Waals surface area contributed by atoms with E-state index >= 15 is 0 Å². The minimum absolute atomic E-state index is 0.0610. The Bertz CT molecular complexity index is 1430. The van der Waals surface area contributed by atoms with Crippen LogP contribution in [0.25, 0.3) is 10.9 Å². The molecule has 0 spiro atoms. The molecule has 1 aromatic heterocycles. The van der Waals surface area contributed by atoms with Gasteiger partial charge in [-0.3, -0.25) is 15.0 Å². The summed E-state index contributed by atoms with van der Waals surface area (Å²) in [6, 6.07) is 11.0. The summed E-state index contributed by atoms with van der Waals surface area (Å²) in [5.41, 5.74) is 7.74. The SMILES string of the molecule is CCOC(=O)C(CNC(=O)NC1CCN(c2ccc(C(=N)N)cc2)C1=O)NC(=O)c1[nH]c2ccccc2c1CO. The Morgan fingerprint density at radius 1 is 1.20 bits per heavy atom. The average Bonchev–Trinajstić information content (AvgIpc) is 3.51. The Morgan fingerprint density at radius 2 is 1.93 bits per heavy atom. The third kappa shape index (κ3) is 6.04. The van der Waals surface area contributed by atoms with Crippen LogP contribution in [0.4, 0.5) is 10.5 Å². The van der Waals surface area contributed by atoms with Gasteiger partial charge in [0, 0.05) is 34.3 Å². The number of amidine groups is 1. The number of rotatable bonds is 10. The predicted octanol–water partition coefficient (Wildman–Crippen LogP) is 0.710. The number of nitrogens with one attached hydrogen (secondary N) is 5. The Hall–Kier alpha value is -4.91. The second kappa shape index (κ2) is 12.3. The first-order valence-electron chi connectivity index (χ1n) is 12.7. The molecule has 3 aromatic rings. The van der Waals surface area contributed by atoms with Crippen LogP contribution in [0.2, 0.25) is 0 Å². The van der Waals surface area contributed by atoms with Gasteiger partial charge in [-0.05, 0) is 43.7 Å². The second-order valence-electron chi connectivity index (χ2n) is 9.11. The minimum Gasteiger partial charge on any atom is -0.464 e. The fourth-order valence-electron chi connectivity index (χ4n) is 4.52. The number of nitrogen functional groups attached to an aromatic ring is 1. The molecule has 0 saturated carbocycles. The van der Waals surface area contributed by atoms with E-state index < -0.39 is 36.6 Å². The van der Waals surface area contributed by atoms with Gasteiger partial charge >= 0.3 is 12.0 Å². The summed E-state index contributed by atoms with van der Waals surface area (Å²) in [5, 5.41) is 25.7. The molecular formula is C27H31N7O6. The number of urea groups is 1. The Kier molecular flexibility index (Phi) is 8.64. The normalized spacial score (nSPS) is 15.5. The number of aliphatic hydroxyl groups is 1. The molecular weight excluding hydrogens is 518 g/mol. The van der Waals surface area contributed by atoms with Crippen LogP contribution in [0.15, 0.2) is 48.5 Å². The molecule has 2 aromatic carbocycles. The molecule has 0 bridgehead atoms. The maximum absolute atomic E-state index is 13.1. The predicted molar refractivity (Wildman–Crippen MR) is 147 cm³/mol. The van der Waals surface area contributed by atoms with Crippen molar-refractivity contribution in [3.8, 4) is 0 Å².